The highest BCUT2D eigenvalue weighted by atomic mass is 35.5. The molecule has 0 unspecified atom stereocenters. The predicted octanol–water partition coefficient (Wildman–Crippen LogP) is 4.58. The quantitative estimate of drug-likeness (QED) is 0.786. The number of hydrogen-bond acceptors (Lipinski definition) is 3. The van der Waals surface area contributed by atoms with Crippen LogP contribution in [0.3, 0.4) is 0 Å². The molecule has 1 aromatic heterocycles. The van der Waals surface area contributed by atoms with Gasteiger partial charge in [0.15, 0.2) is 0 Å². The second kappa shape index (κ2) is 6.49. The third-order valence-corrected chi connectivity index (χ3v) is 4.86. The molecule has 2 aromatic rings. The maximum atomic E-state index is 11.1. The highest BCUT2D eigenvalue weighted by Crippen LogP contribution is 2.41. The van der Waals surface area contributed by atoms with Crippen LogP contribution in [0.2, 0.25) is 10.2 Å². The van der Waals surface area contributed by atoms with E-state index in [9.17, 15) is 4.79 Å². The fraction of sp³-hybridized carbons (Fsp3) is 0.294. The van der Waals surface area contributed by atoms with Crippen LogP contribution in [0.4, 0.5) is 4.79 Å². The summed E-state index contributed by atoms with van der Waals surface area (Å²) in [7, 11) is 1.57. The van der Waals surface area contributed by atoms with Crippen LogP contribution in [0, 0.1) is 0 Å². The SMILES string of the molecule is CN(C(=O)O)C1(COc2cnc(Cl)c(-c3ccc(Cl)cc3)c2)CC1. The van der Waals surface area contributed by atoms with Gasteiger partial charge in [0.1, 0.15) is 17.5 Å². The summed E-state index contributed by atoms with van der Waals surface area (Å²) >= 11 is 12.1. The van der Waals surface area contributed by atoms with Gasteiger partial charge in [-0.2, -0.15) is 0 Å². The molecule has 0 atom stereocenters. The summed E-state index contributed by atoms with van der Waals surface area (Å²) in [5, 5.41) is 10.1. The monoisotopic (exact) mass is 366 g/mol. The summed E-state index contributed by atoms with van der Waals surface area (Å²) in [4.78, 5) is 16.6. The normalized spacial score (nSPS) is 15.0. The number of carbonyl (C=O) groups is 1. The van der Waals surface area contributed by atoms with Gasteiger partial charge in [-0.1, -0.05) is 35.3 Å². The number of likely N-dealkylation sites (N-methyl/N-ethyl adjacent to an activating group) is 1. The average Bonchev–Trinajstić information content (AvgIpc) is 3.35. The van der Waals surface area contributed by atoms with Gasteiger partial charge in [-0.05, 0) is 36.6 Å². The van der Waals surface area contributed by atoms with Crippen molar-refractivity contribution in [2.24, 2.45) is 0 Å². The van der Waals surface area contributed by atoms with Crippen LogP contribution >= 0.6 is 23.2 Å². The van der Waals surface area contributed by atoms with E-state index in [0.29, 0.717) is 22.5 Å². The van der Waals surface area contributed by atoms with Gasteiger partial charge in [0, 0.05) is 17.6 Å². The number of amides is 1. The molecule has 0 aliphatic heterocycles. The second-order valence-electron chi connectivity index (χ2n) is 5.87. The lowest BCUT2D eigenvalue weighted by molar-refractivity contribution is 0.109. The van der Waals surface area contributed by atoms with Crippen LogP contribution in [-0.4, -0.2) is 40.3 Å². The minimum Gasteiger partial charge on any atom is -0.489 e. The van der Waals surface area contributed by atoms with E-state index < -0.39 is 11.6 Å². The lowest BCUT2D eigenvalue weighted by Crippen LogP contribution is -2.42. The van der Waals surface area contributed by atoms with Crippen LogP contribution < -0.4 is 4.74 Å². The van der Waals surface area contributed by atoms with Gasteiger partial charge in [-0.3, -0.25) is 0 Å². The minimum absolute atomic E-state index is 0.291. The molecule has 0 radical (unpaired) electrons. The minimum atomic E-state index is -0.952. The van der Waals surface area contributed by atoms with E-state index >= 15 is 0 Å². The molecule has 126 valence electrons. The first-order chi connectivity index (χ1) is 11.4. The van der Waals surface area contributed by atoms with Crippen LogP contribution in [0.1, 0.15) is 12.8 Å². The Hall–Kier alpha value is -1.98. The van der Waals surface area contributed by atoms with E-state index in [-0.39, 0.29) is 0 Å². The maximum Gasteiger partial charge on any atom is 0.407 e. The molecule has 3 rings (SSSR count). The Morgan fingerprint density at radius 3 is 2.58 bits per heavy atom. The molecule has 1 saturated carbocycles. The summed E-state index contributed by atoms with van der Waals surface area (Å²) in [6.07, 6.45) is 2.17. The largest absolute Gasteiger partial charge is 0.489 e. The third-order valence-electron chi connectivity index (χ3n) is 4.30. The fourth-order valence-corrected chi connectivity index (χ4v) is 2.82. The van der Waals surface area contributed by atoms with Gasteiger partial charge < -0.3 is 14.7 Å². The van der Waals surface area contributed by atoms with Crippen molar-refractivity contribution in [3.8, 4) is 16.9 Å². The molecule has 1 aliphatic rings. The molecule has 1 heterocycles. The lowest BCUT2D eigenvalue weighted by atomic mass is 10.1. The molecular weight excluding hydrogens is 351 g/mol. The van der Waals surface area contributed by atoms with Crippen molar-refractivity contribution in [2.75, 3.05) is 13.7 Å². The van der Waals surface area contributed by atoms with E-state index in [2.05, 4.69) is 4.98 Å². The molecule has 0 spiro atoms. The highest BCUT2D eigenvalue weighted by molar-refractivity contribution is 6.32. The fourth-order valence-electron chi connectivity index (χ4n) is 2.48. The molecule has 0 bridgehead atoms. The van der Waals surface area contributed by atoms with Gasteiger partial charge in [0.05, 0.1) is 11.7 Å². The first-order valence-electron chi connectivity index (χ1n) is 7.42. The summed E-state index contributed by atoms with van der Waals surface area (Å²) in [6, 6.07) is 9.07. The van der Waals surface area contributed by atoms with Crippen molar-refractivity contribution in [3.05, 3.63) is 46.7 Å². The van der Waals surface area contributed by atoms with Crippen molar-refractivity contribution in [1.82, 2.24) is 9.88 Å². The zero-order chi connectivity index (χ0) is 17.3. The molecule has 1 N–H and O–H groups in total. The number of halogens is 2. The number of carboxylic acid groups (broad SMARTS) is 1. The number of pyridine rings is 1. The third kappa shape index (κ3) is 3.42. The maximum absolute atomic E-state index is 11.1. The summed E-state index contributed by atoms with van der Waals surface area (Å²) in [5.74, 6) is 0.550. The topological polar surface area (TPSA) is 62.7 Å². The standard InChI is InChI=1S/C17H16Cl2N2O3/c1-21(16(22)23)17(6-7-17)10-24-13-8-14(15(19)20-9-13)11-2-4-12(18)5-3-11/h2-5,8-9H,6-7,10H2,1H3,(H,22,23). The van der Waals surface area contributed by atoms with Gasteiger partial charge in [-0.25, -0.2) is 9.78 Å². The summed E-state index contributed by atoms with van der Waals surface area (Å²) in [5.41, 5.74) is 1.18. The molecule has 24 heavy (non-hydrogen) atoms. The zero-order valence-electron chi connectivity index (χ0n) is 13.0. The molecule has 1 aromatic carbocycles. The Balaban J connectivity index is 1.77. The van der Waals surface area contributed by atoms with Gasteiger partial charge >= 0.3 is 6.09 Å². The zero-order valence-corrected chi connectivity index (χ0v) is 14.5. The molecule has 0 saturated heterocycles. The van der Waals surface area contributed by atoms with E-state index in [1.165, 1.54) is 4.90 Å². The number of benzene rings is 1. The van der Waals surface area contributed by atoms with E-state index in [4.69, 9.17) is 33.0 Å². The molecule has 1 aliphatic carbocycles. The molecule has 5 nitrogen and oxygen atoms in total. The lowest BCUT2D eigenvalue weighted by Gasteiger charge is -2.25. The highest BCUT2D eigenvalue weighted by Gasteiger charge is 2.49. The number of rotatable bonds is 5. The van der Waals surface area contributed by atoms with Gasteiger partial charge in [-0.15, -0.1) is 0 Å². The predicted molar refractivity (Wildman–Crippen MR) is 92.9 cm³/mol. The number of aromatic nitrogens is 1. The van der Waals surface area contributed by atoms with Crippen LogP contribution in [-0.2, 0) is 0 Å². The number of nitrogens with zero attached hydrogens (tertiary/aromatic N) is 2. The second-order valence-corrected chi connectivity index (χ2v) is 6.67. The Morgan fingerprint density at radius 1 is 1.33 bits per heavy atom. The first-order valence-corrected chi connectivity index (χ1v) is 8.18. The Morgan fingerprint density at radius 2 is 2.00 bits per heavy atom. The van der Waals surface area contributed by atoms with Gasteiger partial charge in [0.2, 0.25) is 0 Å². The van der Waals surface area contributed by atoms with Crippen molar-refractivity contribution in [1.29, 1.82) is 0 Å². The first kappa shape index (κ1) is 16.9. The Bertz CT molecular complexity index is 761. The summed E-state index contributed by atoms with van der Waals surface area (Å²) in [6.45, 7) is 0.291. The van der Waals surface area contributed by atoms with Crippen LogP contribution in [0.15, 0.2) is 36.5 Å². The molecule has 1 fully saturated rings. The smallest absolute Gasteiger partial charge is 0.407 e. The van der Waals surface area contributed by atoms with Gasteiger partial charge in [0.25, 0.3) is 0 Å². The summed E-state index contributed by atoms with van der Waals surface area (Å²) < 4.78 is 5.79. The van der Waals surface area contributed by atoms with Crippen molar-refractivity contribution in [3.63, 3.8) is 0 Å². The van der Waals surface area contributed by atoms with E-state index in [1.54, 1.807) is 31.4 Å². The van der Waals surface area contributed by atoms with Crippen molar-refractivity contribution >= 4 is 29.3 Å². The van der Waals surface area contributed by atoms with Crippen molar-refractivity contribution in [2.45, 2.75) is 18.4 Å². The van der Waals surface area contributed by atoms with Crippen LogP contribution in [0.5, 0.6) is 5.75 Å². The molecule has 7 heteroatoms. The molecular formula is C17H16Cl2N2O3. The average molecular weight is 367 g/mol. The number of ether oxygens (including phenoxy) is 1. The Kier molecular flexibility index (Phi) is 4.56. The van der Waals surface area contributed by atoms with Crippen LogP contribution in [0.25, 0.3) is 11.1 Å². The van der Waals surface area contributed by atoms with Crippen molar-refractivity contribution < 1.29 is 14.6 Å². The number of hydrogen-bond donors (Lipinski definition) is 1. The van der Waals surface area contributed by atoms with E-state index in [1.807, 2.05) is 12.1 Å². The molecule has 1 amide bonds. The Labute approximate surface area is 149 Å². The van der Waals surface area contributed by atoms with E-state index in [0.717, 1.165) is 24.0 Å².